The Bertz CT molecular complexity index is 826. The average Bonchev–Trinajstić information content (AvgIpc) is 2.76. The minimum absolute atomic E-state index is 0.117. The molecule has 0 aromatic heterocycles. The lowest BCUT2D eigenvalue weighted by molar-refractivity contribution is -0.149. The molecule has 3 amide bonds. The SMILES string of the molecule is CCC(C)(C)N(C(=O)C(C)NC(=O)OC(C)(C)C)C(C(=O)NC1CCCCC1)c1ccccc1. The monoisotopic (exact) mass is 473 g/mol. The van der Waals surface area contributed by atoms with Gasteiger partial charge in [0.2, 0.25) is 11.8 Å². The van der Waals surface area contributed by atoms with E-state index in [1.165, 1.54) is 6.42 Å². The summed E-state index contributed by atoms with van der Waals surface area (Å²) in [7, 11) is 0. The normalized spacial score (nSPS) is 16.8. The highest BCUT2D eigenvalue weighted by atomic mass is 16.6. The van der Waals surface area contributed by atoms with Gasteiger partial charge in [-0.1, -0.05) is 56.5 Å². The maximum Gasteiger partial charge on any atom is 0.408 e. The molecule has 7 nitrogen and oxygen atoms in total. The summed E-state index contributed by atoms with van der Waals surface area (Å²) < 4.78 is 5.34. The second-order valence-corrected chi connectivity index (χ2v) is 10.9. The van der Waals surface area contributed by atoms with Gasteiger partial charge in [0.05, 0.1) is 0 Å². The molecule has 0 bridgehead atoms. The number of rotatable bonds is 8. The van der Waals surface area contributed by atoms with E-state index in [0.717, 1.165) is 31.2 Å². The first-order chi connectivity index (χ1) is 15.9. The van der Waals surface area contributed by atoms with Crippen LogP contribution in [0.5, 0.6) is 0 Å². The Balaban J connectivity index is 2.39. The smallest absolute Gasteiger partial charge is 0.408 e. The largest absolute Gasteiger partial charge is 0.444 e. The predicted octanol–water partition coefficient (Wildman–Crippen LogP) is 5.11. The summed E-state index contributed by atoms with van der Waals surface area (Å²) in [5, 5.41) is 5.87. The number of nitrogens with one attached hydrogen (secondary N) is 2. The number of benzene rings is 1. The third-order valence-electron chi connectivity index (χ3n) is 6.43. The highest BCUT2D eigenvalue weighted by Crippen LogP contribution is 2.32. The van der Waals surface area contributed by atoms with Crippen molar-refractivity contribution >= 4 is 17.9 Å². The van der Waals surface area contributed by atoms with E-state index in [1.807, 2.05) is 51.1 Å². The summed E-state index contributed by atoms with van der Waals surface area (Å²) in [4.78, 5) is 41.6. The summed E-state index contributed by atoms with van der Waals surface area (Å²) in [6, 6.07) is 7.84. The Hall–Kier alpha value is -2.57. The van der Waals surface area contributed by atoms with Gasteiger partial charge in [0.15, 0.2) is 0 Å². The first-order valence-electron chi connectivity index (χ1n) is 12.5. The van der Waals surface area contributed by atoms with E-state index in [0.29, 0.717) is 6.42 Å². The van der Waals surface area contributed by atoms with Gasteiger partial charge in [-0.05, 0) is 66.4 Å². The minimum atomic E-state index is -0.866. The summed E-state index contributed by atoms with van der Waals surface area (Å²) >= 11 is 0. The van der Waals surface area contributed by atoms with Crippen LogP contribution < -0.4 is 10.6 Å². The third kappa shape index (κ3) is 7.74. The van der Waals surface area contributed by atoms with Crippen molar-refractivity contribution in [2.75, 3.05) is 0 Å². The van der Waals surface area contributed by atoms with Crippen LogP contribution in [-0.2, 0) is 14.3 Å². The van der Waals surface area contributed by atoms with Crippen molar-refractivity contribution in [3.8, 4) is 0 Å². The van der Waals surface area contributed by atoms with Crippen LogP contribution in [0.1, 0.15) is 98.6 Å². The first kappa shape index (κ1) is 27.7. The molecule has 1 fully saturated rings. The molecule has 1 aromatic rings. The lowest BCUT2D eigenvalue weighted by atomic mass is 9.91. The van der Waals surface area contributed by atoms with E-state index in [4.69, 9.17) is 4.74 Å². The van der Waals surface area contributed by atoms with Crippen molar-refractivity contribution < 1.29 is 19.1 Å². The van der Waals surface area contributed by atoms with E-state index >= 15 is 0 Å². The van der Waals surface area contributed by atoms with Crippen LogP contribution in [0.25, 0.3) is 0 Å². The first-order valence-corrected chi connectivity index (χ1v) is 12.5. The van der Waals surface area contributed by atoms with Gasteiger partial charge in [-0.25, -0.2) is 4.79 Å². The fourth-order valence-electron chi connectivity index (χ4n) is 4.28. The zero-order chi connectivity index (χ0) is 25.5. The lowest BCUT2D eigenvalue weighted by Gasteiger charge is -2.44. The quantitative estimate of drug-likeness (QED) is 0.549. The molecule has 1 aliphatic carbocycles. The number of nitrogens with zero attached hydrogens (tertiary/aromatic N) is 1. The van der Waals surface area contributed by atoms with Gasteiger partial charge >= 0.3 is 6.09 Å². The Morgan fingerprint density at radius 1 is 1.03 bits per heavy atom. The number of hydrogen-bond acceptors (Lipinski definition) is 4. The number of ether oxygens (including phenoxy) is 1. The van der Waals surface area contributed by atoms with E-state index < -0.39 is 29.3 Å². The molecule has 0 aliphatic heterocycles. The predicted molar refractivity (Wildman–Crippen MR) is 134 cm³/mol. The molecule has 190 valence electrons. The number of hydrogen-bond donors (Lipinski definition) is 2. The molecular formula is C27H43N3O4. The van der Waals surface area contributed by atoms with E-state index in [-0.39, 0.29) is 17.9 Å². The fourth-order valence-corrected chi connectivity index (χ4v) is 4.28. The van der Waals surface area contributed by atoms with Crippen LogP contribution in [0.4, 0.5) is 4.79 Å². The van der Waals surface area contributed by atoms with Crippen LogP contribution >= 0.6 is 0 Å². The summed E-state index contributed by atoms with van der Waals surface area (Å²) in [5.74, 6) is -0.511. The molecule has 1 saturated carbocycles. The third-order valence-corrected chi connectivity index (χ3v) is 6.43. The summed E-state index contributed by atoms with van der Waals surface area (Å²) in [5.41, 5.74) is -0.567. The van der Waals surface area contributed by atoms with Crippen molar-refractivity contribution in [3.05, 3.63) is 35.9 Å². The Morgan fingerprint density at radius 2 is 1.62 bits per heavy atom. The van der Waals surface area contributed by atoms with Crippen LogP contribution in [0, 0.1) is 0 Å². The number of amides is 3. The second kappa shape index (κ2) is 11.7. The van der Waals surface area contributed by atoms with Gasteiger partial charge in [0, 0.05) is 11.6 Å². The Labute approximate surface area is 205 Å². The Kier molecular flexibility index (Phi) is 9.54. The molecule has 0 spiro atoms. The molecule has 7 heteroatoms. The lowest BCUT2D eigenvalue weighted by Crippen LogP contribution is -2.59. The van der Waals surface area contributed by atoms with Gasteiger partial charge in [-0.3, -0.25) is 9.59 Å². The number of alkyl carbamates (subject to hydrolysis) is 1. The fraction of sp³-hybridized carbons (Fsp3) is 0.667. The van der Waals surface area contributed by atoms with E-state index in [9.17, 15) is 14.4 Å². The Morgan fingerprint density at radius 3 is 2.15 bits per heavy atom. The highest BCUT2D eigenvalue weighted by Gasteiger charge is 2.42. The van der Waals surface area contributed by atoms with Crippen LogP contribution in [0.2, 0.25) is 0 Å². The minimum Gasteiger partial charge on any atom is -0.444 e. The molecule has 2 unspecified atom stereocenters. The number of carbonyl (C=O) groups is 3. The topological polar surface area (TPSA) is 87.7 Å². The van der Waals surface area contributed by atoms with Crippen molar-refractivity contribution in [2.45, 2.75) is 116 Å². The zero-order valence-corrected chi connectivity index (χ0v) is 21.9. The molecular weight excluding hydrogens is 430 g/mol. The van der Waals surface area contributed by atoms with Crippen molar-refractivity contribution in [2.24, 2.45) is 0 Å². The maximum atomic E-state index is 13.8. The molecule has 34 heavy (non-hydrogen) atoms. The number of carbonyl (C=O) groups excluding carboxylic acids is 3. The maximum absolute atomic E-state index is 13.8. The average molecular weight is 474 g/mol. The zero-order valence-electron chi connectivity index (χ0n) is 21.9. The van der Waals surface area contributed by atoms with E-state index in [2.05, 4.69) is 10.6 Å². The molecule has 1 aliphatic rings. The highest BCUT2D eigenvalue weighted by molar-refractivity contribution is 5.92. The second-order valence-electron chi connectivity index (χ2n) is 10.9. The summed E-state index contributed by atoms with van der Waals surface area (Å²) in [6.07, 6.45) is 5.27. The van der Waals surface area contributed by atoms with Gasteiger partial charge in [0.1, 0.15) is 17.7 Å². The van der Waals surface area contributed by atoms with Crippen molar-refractivity contribution in [3.63, 3.8) is 0 Å². The van der Waals surface area contributed by atoms with Crippen molar-refractivity contribution in [1.29, 1.82) is 0 Å². The molecule has 0 heterocycles. The van der Waals surface area contributed by atoms with Gasteiger partial charge in [0.25, 0.3) is 0 Å². The summed E-state index contributed by atoms with van der Waals surface area (Å²) in [6.45, 7) is 12.8. The van der Waals surface area contributed by atoms with Crippen LogP contribution in [0.3, 0.4) is 0 Å². The van der Waals surface area contributed by atoms with Crippen LogP contribution in [0.15, 0.2) is 30.3 Å². The molecule has 2 rings (SSSR count). The van der Waals surface area contributed by atoms with Gasteiger partial charge in [-0.2, -0.15) is 0 Å². The molecule has 2 atom stereocenters. The molecule has 0 radical (unpaired) electrons. The molecule has 1 aromatic carbocycles. The van der Waals surface area contributed by atoms with E-state index in [1.54, 1.807) is 32.6 Å². The van der Waals surface area contributed by atoms with Gasteiger partial charge in [-0.15, -0.1) is 0 Å². The standard InChI is InChI=1S/C27H43N3O4/c1-8-27(6,7)30(24(32)19(2)28-25(33)34-26(3,4)5)22(20-15-11-9-12-16-20)23(31)29-21-17-13-10-14-18-21/h9,11-12,15-16,19,21-22H,8,10,13-14,17-18H2,1-7H3,(H,28,33)(H,29,31). The molecule has 0 saturated heterocycles. The van der Waals surface area contributed by atoms with Gasteiger partial charge < -0.3 is 20.3 Å². The molecule has 2 N–H and O–H groups in total. The van der Waals surface area contributed by atoms with Crippen LogP contribution in [-0.4, -0.2) is 46.0 Å². The van der Waals surface area contributed by atoms with Crippen molar-refractivity contribution in [1.82, 2.24) is 15.5 Å².